The molecule has 2 aliphatic rings. The molecule has 0 atom stereocenters. The van der Waals surface area contributed by atoms with Gasteiger partial charge in [-0.2, -0.15) is 0 Å². The van der Waals surface area contributed by atoms with Crippen molar-refractivity contribution in [1.29, 1.82) is 0 Å². The first-order valence-electron chi connectivity index (χ1n) is 9.85. The van der Waals surface area contributed by atoms with Crippen LogP contribution in [0.15, 0.2) is 18.2 Å². The molecule has 0 aliphatic carbocycles. The van der Waals surface area contributed by atoms with Crippen LogP contribution in [0.2, 0.25) is 0 Å². The number of para-hydroxylation sites is 1. The lowest BCUT2D eigenvalue weighted by molar-refractivity contribution is 0.0136. The van der Waals surface area contributed by atoms with E-state index in [2.05, 4.69) is 4.90 Å². The molecule has 3 rings (SSSR count). The third-order valence-electron chi connectivity index (χ3n) is 5.33. The second kappa shape index (κ2) is 9.92. The first kappa shape index (κ1) is 19.9. The number of methoxy groups -OCH3 is 1. The molecule has 0 spiro atoms. The van der Waals surface area contributed by atoms with Crippen LogP contribution >= 0.6 is 0 Å². The van der Waals surface area contributed by atoms with Crippen molar-refractivity contribution in [2.45, 2.75) is 25.3 Å². The van der Waals surface area contributed by atoms with Crippen molar-refractivity contribution in [3.8, 4) is 11.5 Å². The molecule has 2 saturated heterocycles. The average Bonchev–Trinajstić information content (AvgIpc) is 2.74. The molecule has 1 amide bonds. The van der Waals surface area contributed by atoms with E-state index in [1.807, 2.05) is 23.1 Å². The van der Waals surface area contributed by atoms with Crippen LogP contribution in [0.5, 0.6) is 11.5 Å². The fraction of sp³-hybridized carbons (Fsp3) is 0.650. The average molecular weight is 377 g/mol. The summed E-state index contributed by atoms with van der Waals surface area (Å²) in [7, 11) is 1.59. The molecule has 2 N–H and O–H groups in total. The Labute approximate surface area is 161 Å². The topological polar surface area (TPSA) is 77.3 Å². The summed E-state index contributed by atoms with van der Waals surface area (Å²) in [6.45, 7) is 5.98. The number of nitrogens with two attached hydrogens (primary N) is 1. The van der Waals surface area contributed by atoms with E-state index in [1.54, 1.807) is 7.11 Å². The molecule has 7 nitrogen and oxygen atoms in total. The molecule has 150 valence electrons. The zero-order chi connectivity index (χ0) is 19.1. The molecule has 0 radical (unpaired) electrons. The Hall–Kier alpha value is -1.83. The standard InChI is InChI=1S/C20H31N3O4/c1-25-18-5-2-4-17(19(18)27-13-3-8-21)20(24)23-11-9-22(10-12-23)16-6-14-26-15-7-16/h2,4-5,16H,3,6-15,21H2,1H3. The minimum Gasteiger partial charge on any atom is -0.493 e. The Bertz CT molecular complexity index is 611. The van der Waals surface area contributed by atoms with E-state index in [0.717, 1.165) is 58.7 Å². The maximum Gasteiger partial charge on any atom is 0.257 e. The van der Waals surface area contributed by atoms with Gasteiger partial charge in [-0.1, -0.05) is 6.07 Å². The predicted molar refractivity (Wildman–Crippen MR) is 103 cm³/mol. The number of hydrogen-bond acceptors (Lipinski definition) is 6. The smallest absolute Gasteiger partial charge is 0.257 e. The fourth-order valence-corrected chi connectivity index (χ4v) is 3.76. The van der Waals surface area contributed by atoms with E-state index in [9.17, 15) is 4.79 Å². The number of piperazine rings is 1. The summed E-state index contributed by atoms with van der Waals surface area (Å²) in [5.41, 5.74) is 6.11. The van der Waals surface area contributed by atoms with Crippen LogP contribution in [0.1, 0.15) is 29.6 Å². The molecule has 2 fully saturated rings. The van der Waals surface area contributed by atoms with Gasteiger partial charge < -0.3 is 24.8 Å². The van der Waals surface area contributed by atoms with Gasteiger partial charge in [0.15, 0.2) is 11.5 Å². The van der Waals surface area contributed by atoms with E-state index in [-0.39, 0.29) is 5.91 Å². The number of carbonyl (C=O) groups excluding carboxylic acids is 1. The summed E-state index contributed by atoms with van der Waals surface area (Å²) in [6, 6.07) is 6.05. The number of benzene rings is 1. The summed E-state index contributed by atoms with van der Waals surface area (Å²) in [4.78, 5) is 17.5. The van der Waals surface area contributed by atoms with Gasteiger partial charge in [-0.15, -0.1) is 0 Å². The number of hydrogen-bond donors (Lipinski definition) is 1. The molecule has 1 aromatic carbocycles. The molecule has 2 heterocycles. The van der Waals surface area contributed by atoms with Crippen molar-refractivity contribution < 1.29 is 19.0 Å². The maximum atomic E-state index is 13.1. The fourth-order valence-electron chi connectivity index (χ4n) is 3.76. The Balaban J connectivity index is 1.65. The van der Waals surface area contributed by atoms with Crippen molar-refractivity contribution in [2.24, 2.45) is 5.73 Å². The van der Waals surface area contributed by atoms with Gasteiger partial charge in [0, 0.05) is 45.4 Å². The second-order valence-electron chi connectivity index (χ2n) is 7.00. The molecule has 0 aromatic heterocycles. The molecular weight excluding hydrogens is 346 g/mol. The van der Waals surface area contributed by atoms with Crippen LogP contribution in [0.3, 0.4) is 0 Å². The Morgan fingerprint density at radius 2 is 1.96 bits per heavy atom. The number of ether oxygens (including phenoxy) is 3. The van der Waals surface area contributed by atoms with Crippen molar-refractivity contribution in [3.63, 3.8) is 0 Å². The summed E-state index contributed by atoms with van der Waals surface area (Å²) in [6.07, 6.45) is 2.90. The van der Waals surface area contributed by atoms with Crippen LogP contribution in [-0.4, -0.2) is 81.4 Å². The quantitative estimate of drug-likeness (QED) is 0.723. The summed E-state index contributed by atoms with van der Waals surface area (Å²) in [5.74, 6) is 1.10. The van der Waals surface area contributed by atoms with Crippen molar-refractivity contribution in [3.05, 3.63) is 23.8 Å². The molecule has 2 aliphatic heterocycles. The number of carbonyl (C=O) groups is 1. The molecule has 0 unspecified atom stereocenters. The Morgan fingerprint density at radius 3 is 2.63 bits per heavy atom. The summed E-state index contributed by atoms with van der Waals surface area (Å²) in [5, 5.41) is 0. The third-order valence-corrected chi connectivity index (χ3v) is 5.33. The summed E-state index contributed by atoms with van der Waals surface area (Å²) >= 11 is 0. The van der Waals surface area contributed by atoms with Crippen LogP contribution in [0, 0.1) is 0 Å². The second-order valence-corrected chi connectivity index (χ2v) is 7.00. The van der Waals surface area contributed by atoms with Gasteiger partial charge in [0.2, 0.25) is 0 Å². The van der Waals surface area contributed by atoms with Gasteiger partial charge in [-0.3, -0.25) is 9.69 Å². The SMILES string of the molecule is COc1cccc(C(=O)N2CCN(C3CCOCC3)CC2)c1OCCCN. The van der Waals surface area contributed by atoms with Gasteiger partial charge in [0.25, 0.3) is 5.91 Å². The lowest BCUT2D eigenvalue weighted by Gasteiger charge is -2.40. The van der Waals surface area contributed by atoms with E-state index in [1.165, 1.54) is 0 Å². The monoisotopic (exact) mass is 377 g/mol. The Kier molecular flexibility index (Phi) is 7.32. The highest BCUT2D eigenvalue weighted by atomic mass is 16.5. The van der Waals surface area contributed by atoms with Crippen molar-refractivity contribution in [2.75, 3.05) is 59.7 Å². The van der Waals surface area contributed by atoms with Gasteiger partial charge in [0.05, 0.1) is 19.3 Å². The van der Waals surface area contributed by atoms with Gasteiger partial charge in [0.1, 0.15) is 0 Å². The van der Waals surface area contributed by atoms with E-state index in [4.69, 9.17) is 19.9 Å². The minimum absolute atomic E-state index is 0.00303. The molecular formula is C20H31N3O4. The Morgan fingerprint density at radius 1 is 1.22 bits per heavy atom. The van der Waals surface area contributed by atoms with Crippen LogP contribution in [0.25, 0.3) is 0 Å². The first-order valence-corrected chi connectivity index (χ1v) is 9.85. The lowest BCUT2D eigenvalue weighted by Crippen LogP contribution is -2.53. The highest BCUT2D eigenvalue weighted by Crippen LogP contribution is 2.32. The molecule has 7 heteroatoms. The zero-order valence-electron chi connectivity index (χ0n) is 16.2. The molecule has 27 heavy (non-hydrogen) atoms. The number of rotatable bonds is 7. The van der Waals surface area contributed by atoms with Crippen molar-refractivity contribution in [1.82, 2.24) is 9.80 Å². The number of nitrogens with zero attached hydrogens (tertiary/aromatic N) is 2. The predicted octanol–water partition coefficient (Wildman–Crippen LogP) is 1.36. The summed E-state index contributed by atoms with van der Waals surface area (Å²) < 4.78 is 16.7. The third kappa shape index (κ3) is 4.91. The normalized spacial score (nSPS) is 19.1. The van der Waals surface area contributed by atoms with E-state index >= 15 is 0 Å². The highest BCUT2D eigenvalue weighted by Gasteiger charge is 2.29. The first-order chi connectivity index (χ1) is 13.2. The van der Waals surface area contributed by atoms with Crippen LogP contribution < -0.4 is 15.2 Å². The van der Waals surface area contributed by atoms with Crippen LogP contribution in [-0.2, 0) is 4.74 Å². The van der Waals surface area contributed by atoms with Gasteiger partial charge in [-0.25, -0.2) is 0 Å². The minimum atomic E-state index is 0.00303. The molecule has 0 saturated carbocycles. The van der Waals surface area contributed by atoms with E-state index in [0.29, 0.717) is 36.3 Å². The zero-order valence-corrected chi connectivity index (χ0v) is 16.2. The molecule has 1 aromatic rings. The van der Waals surface area contributed by atoms with E-state index < -0.39 is 0 Å². The van der Waals surface area contributed by atoms with Crippen molar-refractivity contribution >= 4 is 5.91 Å². The number of amides is 1. The van der Waals surface area contributed by atoms with Gasteiger partial charge in [-0.05, 0) is 37.9 Å². The van der Waals surface area contributed by atoms with Gasteiger partial charge >= 0.3 is 0 Å². The largest absolute Gasteiger partial charge is 0.493 e. The lowest BCUT2D eigenvalue weighted by atomic mass is 10.1. The van der Waals surface area contributed by atoms with Crippen LogP contribution in [0.4, 0.5) is 0 Å². The molecule has 0 bridgehead atoms. The maximum absolute atomic E-state index is 13.1. The highest BCUT2D eigenvalue weighted by molar-refractivity contribution is 5.98.